The molecule has 0 spiro atoms. The van der Waals surface area contributed by atoms with Gasteiger partial charge in [-0.25, -0.2) is 34.3 Å². The van der Waals surface area contributed by atoms with E-state index in [0.717, 1.165) is 16.3 Å². The van der Waals surface area contributed by atoms with Gasteiger partial charge in [0, 0.05) is 192 Å². The highest BCUT2D eigenvalue weighted by atomic mass is 16.4. The van der Waals surface area contributed by atoms with Crippen molar-refractivity contribution in [1.82, 2.24) is 102 Å². The smallest absolute Gasteiger partial charge is 0.326 e. The number of carbonyl (C=O) groups excluding carboxylic acids is 13. The zero-order valence-electron chi connectivity index (χ0n) is 83.2. The number of hydrogen-bond donors (Lipinski definition) is 21. The molecule has 51 nitrogen and oxygen atoms in total. The molecule has 1 aliphatic carbocycles. The van der Waals surface area contributed by atoms with E-state index in [1.807, 2.05) is 42.5 Å². The first-order chi connectivity index (χ1) is 71.5. The number of benzene rings is 2. The van der Waals surface area contributed by atoms with Crippen molar-refractivity contribution in [2.24, 2.45) is 41.4 Å². The monoisotopic (exact) mass is 2100 g/mol. The maximum Gasteiger partial charge on any atom is 0.326 e. The van der Waals surface area contributed by atoms with Gasteiger partial charge in [0.1, 0.15) is 23.7 Å². The second-order valence-electron chi connectivity index (χ2n) is 38.0. The van der Waals surface area contributed by atoms with Gasteiger partial charge in [-0.3, -0.25) is 111 Å². The van der Waals surface area contributed by atoms with Crippen molar-refractivity contribution in [3.8, 4) is 0 Å². The number of nitrogens with one attached hydrogen (secondary N) is 12. The minimum Gasteiger partial charge on any atom is -0.481 e. The van der Waals surface area contributed by atoms with Crippen LogP contribution in [0.4, 0.5) is 4.79 Å². The van der Waals surface area contributed by atoms with E-state index in [-0.39, 0.29) is 158 Å². The predicted octanol–water partition coefficient (Wildman–Crippen LogP) is 0.780. The van der Waals surface area contributed by atoms with Crippen molar-refractivity contribution in [3.05, 3.63) is 121 Å². The van der Waals surface area contributed by atoms with Crippen LogP contribution in [0.2, 0.25) is 0 Å². The van der Waals surface area contributed by atoms with Crippen LogP contribution in [0.1, 0.15) is 177 Å². The summed E-state index contributed by atoms with van der Waals surface area (Å²) in [7, 11) is 0. The number of ketones is 6. The molecule has 150 heavy (non-hydrogen) atoms. The third kappa shape index (κ3) is 44.0. The van der Waals surface area contributed by atoms with Crippen molar-refractivity contribution in [1.29, 1.82) is 0 Å². The molecular weight excluding hydrogens is 1970 g/mol. The largest absolute Gasteiger partial charge is 0.481 e. The number of aromatic nitrogens is 8. The van der Waals surface area contributed by atoms with E-state index in [2.05, 4.69) is 82.4 Å². The minimum atomic E-state index is -1.80. The number of aromatic amines is 4. The standard InChI is InChI=1S/C99H134N20O31/c1-58(120)50-116-26-30-118(52-90(137)138)32-28-117(29-33-119(31-27-116)53-91(139)140)51-84(126)110-73(15-20-85(127)128)80(122)42-66(37-70-47-101-55-107-70)94(143)112-75(17-22-87(131)132)82(124)44-68(39-72-49-103-57-109-72)96(145)113-76(18-23-88(133)134)83(125)43-67(38-71-48-102-56-108-71)95(144)111-74(16-21-86(129)130)81(123)41-65(36-69-46-100-54-106-69)93(142)105-45-59-9-13-62(14-10-59)79(121)40-64(35-60-11-12-61-6-2-3-7-63(61)34-60)92(141)104-25-5-4-8-77(97(146)147)114-99(150)115-78(98(148)149)19-24-89(135)136/h2-3,6-7,11-12,34,46-49,54-57,59,62,64-68,73-78H,4-5,8-10,13-33,35-45,50-53H2,1H3,(H,100,106)(H,101,107)(H,102,108)(H,103,109)(H,104,141)(H,105,142)(H,110,126)(H,111,144)(H,112,143)(H,113,145)(H,127,128)(H,129,130)(H,131,132)(H,133,134)(H,135,136)(H,137,138)(H,139,140)(H,146,147)(H,148,149)(H2,114,115,150). The predicted molar refractivity (Wildman–Crippen MR) is 526 cm³/mol. The van der Waals surface area contributed by atoms with Gasteiger partial charge in [0.15, 0.2) is 23.1 Å². The summed E-state index contributed by atoms with van der Waals surface area (Å²) in [5.74, 6) is -28.9. The van der Waals surface area contributed by atoms with Crippen LogP contribution in [0, 0.1) is 41.4 Å². The molecule has 0 bridgehead atoms. The zero-order chi connectivity index (χ0) is 109. The number of unbranched alkanes of at least 4 members (excludes halogenated alkanes) is 1. The third-order valence-electron chi connectivity index (χ3n) is 26.3. The lowest BCUT2D eigenvalue weighted by Crippen LogP contribution is -2.51. The number of carbonyl (C=O) groups is 22. The van der Waals surface area contributed by atoms with E-state index in [9.17, 15) is 127 Å². The van der Waals surface area contributed by atoms with E-state index in [1.165, 1.54) is 57.0 Å². The average Bonchev–Trinajstić information content (AvgIpc) is 1.07. The van der Waals surface area contributed by atoms with Crippen LogP contribution in [-0.4, -0.2) is 363 Å². The maximum atomic E-state index is 15.1. The topological polar surface area (TPSA) is 782 Å². The Morgan fingerprint density at radius 1 is 0.347 bits per heavy atom. The van der Waals surface area contributed by atoms with Gasteiger partial charge in [-0.1, -0.05) is 42.5 Å². The minimum absolute atomic E-state index is 0.0143. The van der Waals surface area contributed by atoms with Gasteiger partial charge in [-0.05, 0) is 113 Å². The molecule has 2 aliphatic rings. The lowest BCUT2D eigenvalue weighted by Gasteiger charge is -2.33. The molecule has 1 aliphatic heterocycles. The summed E-state index contributed by atoms with van der Waals surface area (Å²) in [5.41, 5.74) is 1.59. The molecular formula is C99H134N20O31. The first-order valence-corrected chi connectivity index (χ1v) is 49.7. The summed E-state index contributed by atoms with van der Waals surface area (Å²) in [6.07, 6.45) is 1.65. The third-order valence-corrected chi connectivity index (χ3v) is 26.3. The number of imidazole rings is 4. The number of fused-ring (bicyclic) bond motifs is 1. The van der Waals surface area contributed by atoms with Crippen LogP contribution in [0.15, 0.2) is 92.6 Å². The molecule has 816 valence electrons. The molecule has 5 heterocycles. The van der Waals surface area contributed by atoms with Gasteiger partial charge in [-0.2, -0.15) is 0 Å². The van der Waals surface area contributed by atoms with Gasteiger partial charge in [0.05, 0.1) is 122 Å². The van der Waals surface area contributed by atoms with Crippen molar-refractivity contribution in [2.45, 2.75) is 217 Å². The molecule has 1 saturated heterocycles. The van der Waals surface area contributed by atoms with Crippen LogP contribution in [0.25, 0.3) is 10.8 Å². The summed E-state index contributed by atoms with van der Waals surface area (Å²) < 4.78 is 0. The molecule has 21 N–H and O–H groups in total. The Bertz CT molecular complexity index is 5550. The van der Waals surface area contributed by atoms with Gasteiger partial charge in [0.2, 0.25) is 35.4 Å². The highest BCUT2D eigenvalue weighted by Crippen LogP contribution is 2.33. The van der Waals surface area contributed by atoms with E-state index in [1.54, 1.807) is 19.6 Å². The number of nitrogens with zero attached hydrogens (tertiary/aromatic N) is 8. The lowest BCUT2D eigenvalue weighted by atomic mass is 9.77. The highest BCUT2D eigenvalue weighted by Gasteiger charge is 2.40. The van der Waals surface area contributed by atoms with Crippen LogP contribution in [0.3, 0.4) is 0 Å². The van der Waals surface area contributed by atoms with Crippen molar-refractivity contribution in [3.63, 3.8) is 0 Å². The van der Waals surface area contributed by atoms with Crippen molar-refractivity contribution >= 4 is 141 Å². The fourth-order valence-electron chi connectivity index (χ4n) is 18.1. The number of hydrogen-bond acceptors (Lipinski definition) is 30. The fourth-order valence-corrected chi connectivity index (χ4v) is 18.1. The Labute approximate surface area is 860 Å². The van der Waals surface area contributed by atoms with Gasteiger partial charge in [0.25, 0.3) is 0 Å². The van der Waals surface area contributed by atoms with Gasteiger partial charge < -0.3 is 108 Å². The van der Waals surface area contributed by atoms with Gasteiger partial charge in [-0.15, -0.1) is 0 Å². The summed E-state index contributed by atoms with van der Waals surface area (Å²) in [5, 5.41) is 110. The molecule has 2 fully saturated rings. The van der Waals surface area contributed by atoms with Crippen molar-refractivity contribution in [2.75, 3.05) is 91.6 Å². The number of amides is 8. The van der Waals surface area contributed by atoms with Gasteiger partial charge >= 0.3 is 59.8 Å². The number of Topliss-reactive ketones (excluding diaryl/α,β-unsaturated/α-hetero) is 6. The molecule has 11 atom stereocenters. The Kier molecular flexibility index (Phi) is 49.7. The molecule has 51 heteroatoms. The Balaban J connectivity index is 0.935. The molecule has 6 aromatic rings. The molecule has 8 amide bonds. The number of urea groups is 1. The SMILES string of the molecule is CC(=O)CN1CCN(CC(=O)O)CCN(CC(=O)NC(CCC(=O)O)C(=O)CC(Cc2c[nH]cn2)C(=O)NC(CCC(=O)O)C(=O)CC(Cc2c[nH]cn2)C(=O)NC(CCC(=O)O)C(=O)CC(Cc2c[nH]cn2)C(=O)NC(CCC(=O)O)C(=O)CC(Cc2c[nH]cn2)C(=O)NCC2CCC(C(=O)CC(Cc3ccc4ccccc4c3)C(=O)NCCCCC(NC(=O)NC(CCC(=O)O)C(=O)O)C(=O)O)CC2)CCN(CC(=O)O)CC1. The first-order valence-electron chi connectivity index (χ1n) is 49.7. The number of aliphatic carboxylic acids is 9. The molecule has 11 unspecified atom stereocenters. The molecule has 4 aromatic heterocycles. The molecule has 0 radical (unpaired) electrons. The van der Waals surface area contributed by atoms with E-state index in [0.29, 0.717) is 31.4 Å². The fraction of sp³-hybridized carbons (Fsp3) is 0.556. The molecule has 8 rings (SSSR count). The van der Waals surface area contributed by atoms with Crippen molar-refractivity contribution < 1.29 is 151 Å². The van der Waals surface area contributed by atoms with Crippen LogP contribution in [-0.2, 0) is 133 Å². The quantitative estimate of drug-likeness (QED) is 0.0235. The van der Waals surface area contributed by atoms with Crippen LogP contribution in [0.5, 0.6) is 0 Å². The average molecular weight is 2100 g/mol. The summed E-state index contributed by atoms with van der Waals surface area (Å²) in [6, 6.07) is 2.14. The van der Waals surface area contributed by atoms with E-state index in [4.69, 9.17) is 5.11 Å². The molecule has 2 aromatic carbocycles. The second kappa shape index (κ2) is 62.1. The van der Waals surface area contributed by atoms with Crippen LogP contribution < -0.4 is 42.5 Å². The number of H-pyrrole nitrogens is 4. The molecule has 1 saturated carbocycles. The lowest BCUT2D eigenvalue weighted by molar-refractivity contribution is -0.141. The highest BCUT2D eigenvalue weighted by molar-refractivity contribution is 5.99. The Morgan fingerprint density at radius 3 is 1.05 bits per heavy atom. The normalized spacial score (nSPS) is 16.6. The number of carboxylic acids is 9. The van der Waals surface area contributed by atoms with E-state index >= 15 is 19.2 Å². The zero-order valence-corrected chi connectivity index (χ0v) is 83.2. The number of rotatable bonds is 68. The maximum absolute atomic E-state index is 15.1. The summed E-state index contributed by atoms with van der Waals surface area (Å²) in [6.45, 7) is 1.06. The number of carboxylic acid groups (broad SMARTS) is 9. The Hall–Kier alpha value is -15.3. The Morgan fingerprint density at radius 2 is 0.687 bits per heavy atom. The second-order valence-corrected chi connectivity index (χ2v) is 38.0. The summed E-state index contributed by atoms with van der Waals surface area (Å²) in [4.78, 5) is 329. The van der Waals surface area contributed by atoms with E-state index < -0.39 is 306 Å². The first kappa shape index (κ1) is 120. The summed E-state index contributed by atoms with van der Waals surface area (Å²) >= 11 is 0. The van der Waals surface area contributed by atoms with Crippen LogP contribution >= 0.6 is 0 Å².